The number of rotatable bonds is 8. The highest BCUT2D eigenvalue weighted by Gasteiger charge is 2.49. The second-order valence-electron chi connectivity index (χ2n) is 11.9. The van der Waals surface area contributed by atoms with Crippen molar-refractivity contribution in [3.8, 4) is 0 Å². The molecule has 0 bridgehead atoms. The molecule has 1 saturated carbocycles. The molecule has 0 heterocycles. The third-order valence-corrected chi connectivity index (χ3v) is 16.6. The van der Waals surface area contributed by atoms with Crippen molar-refractivity contribution < 1.29 is 14.0 Å². The number of hydrogen-bond donors (Lipinski definition) is 1. The molecule has 0 aromatic heterocycles. The molecule has 0 aliphatic heterocycles. The molecular weight excluding hydrogens is 392 g/mol. The first kappa shape index (κ1) is 24.8. The normalized spacial score (nSPS) is 23.0. The molecule has 0 radical (unpaired) electrons. The number of benzene rings is 1. The summed E-state index contributed by atoms with van der Waals surface area (Å²) >= 11 is 0. The van der Waals surface area contributed by atoms with Crippen molar-refractivity contribution in [2.24, 2.45) is 5.92 Å². The maximum absolute atomic E-state index is 11.3. The van der Waals surface area contributed by atoms with Gasteiger partial charge in [0.15, 0.2) is 16.6 Å². The van der Waals surface area contributed by atoms with Gasteiger partial charge in [0.1, 0.15) is 0 Å². The van der Waals surface area contributed by atoms with Gasteiger partial charge < -0.3 is 14.0 Å². The molecule has 1 aromatic carbocycles. The summed E-state index contributed by atoms with van der Waals surface area (Å²) in [4.78, 5) is 0. The van der Waals surface area contributed by atoms with Gasteiger partial charge in [-0.15, -0.1) is 0 Å². The summed E-state index contributed by atoms with van der Waals surface area (Å²) < 4.78 is 13.3. The van der Waals surface area contributed by atoms with Gasteiger partial charge in [-0.3, -0.25) is 0 Å². The Morgan fingerprint density at radius 1 is 0.931 bits per heavy atom. The standard InChI is InChI=1S/C24H44O3Si2/c1-23(2,3)28(7,8)26-17-21(27-29(9,10)24(4,5)6)22(25)20-16-19(20)18-14-12-11-13-15-18/h11-15,19-22,25H,16-17H2,1-10H3/t19-,20+,21+,22+/m0/s1. The van der Waals surface area contributed by atoms with Gasteiger partial charge in [-0.1, -0.05) is 71.9 Å². The Kier molecular flexibility index (Phi) is 7.34. The molecule has 3 nitrogen and oxygen atoms in total. The molecule has 1 aliphatic rings. The van der Waals surface area contributed by atoms with E-state index in [1.54, 1.807) is 0 Å². The maximum atomic E-state index is 11.3. The average Bonchev–Trinajstić information content (AvgIpc) is 3.37. The summed E-state index contributed by atoms with van der Waals surface area (Å²) in [6.45, 7) is 23.1. The SMILES string of the molecule is CC(C)(C)[Si](C)(C)OC[C@@H](O[Si](C)(C)C(C)(C)C)[C@H](O)[C@@H]1C[C@H]1c1ccccc1. The molecule has 4 atom stereocenters. The van der Waals surface area contributed by atoms with Crippen molar-refractivity contribution in [3.05, 3.63) is 35.9 Å². The summed E-state index contributed by atoms with van der Waals surface area (Å²) in [7, 11) is -3.92. The molecule has 0 amide bonds. The van der Waals surface area contributed by atoms with E-state index in [1.165, 1.54) is 5.56 Å². The third kappa shape index (κ3) is 6.04. The lowest BCUT2D eigenvalue weighted by Gasteiger charge is -2.42. The fraction of sp³-hybridized carbons (Fsp3) is 0.750. The fourth-order valence-electron chi connectivity index (χ4n) is 3.22. The van der Waals surface area contributed by atoms with Crippen molar-refractivity contribution in [1.82, 2.24) is 0 Å². The Bertz CT molecular complexity index is 659. The van der Waals surface area contributed by atoms with Gasteiger partial charge in [-0.25, -0.2) is 0 Å². The topological polar surface area (TPSA) is 38.7 Å². The molecule has 0 unspecified atom stereocenters. The molecule has 2 rings (SSSR count). The zero-order valence-corrected chi connectivity index (χ0v) is 22.4. The van der Waals surface area contributed by atoms with Crippen LogP contribution in [0.2, 0.25) is 36.3 Å². The minimum absolute atomic E-state index is 0.102. The lowest BCUT2D eigenvalue weighted by molar-refractivity contribution is -0.0148. The Balaban J connectivity index is 2.16. The molecule has 0 saturated heterocycles. The van der Waals surface area contributed by atoms with Crippen LogP contribution in [0.4, 0.5) is 0 Å². The van der Waals surface area contributed by atoms with E-state index in [-0.39, 0.29) is 22.1 Å². The predicted octanol–water partition coefficient (Wildman–Crippen LogP) is 6.56. The molecule has 1 N–H and O–H groups in total. The van der Waals surface area contributed by atoms with E-state index in [4.69, 9.17) is 8.85 Å². The molecule has 0 spiro atoms. The average molecular weight is 437 g/mol. The molecule has 1 aromatic rings. The molecule has 166 valence electrons. The van der Waals surface area contributed by atoms with Crippen molar-refractivity contribution in [2.45, 2.75) is 102 Å². The summed E-state index contributed by atoms with van der Waals surface area (Å²) in [5, 5.41) is 11.6. The summed E-state index contributed by atoms with van der Waals surface area (Å²) in [6, 6.07) is 10.6. The van der Waals surface area contributed by atoms with Crippen molar-refractivity contribution in [1.29, 1.82) is 0 Å². The zero-order valence-electron chi connectivity index (χ0n) is 20.4. The van der Waals surface area contributed by atoms with Crippen LogP contribution in [-0.2, 0) is 8.85 Å². The van der Waals surface area contributed by atoms with Gasteiger partial charge in [-0.05, 0) is 60.1 Å². The largest absolute Gasteiger partial charge is 0.414 e. The smallest absolute Gasteiger partial charge is 0.192 e. The van der Waals surface area contributed by atoms with Gasteiger partial charge in [0.2, 0.25) is 0 Å². The fourth-order valence-corrected chi connectivity index (χ4v) is 5.55. The highest BCUT2D eigenvalue weighted by molar-refractivity contribution is 6.74. The van der Waals surface area contributed by atoms with E-state index in [9.17, 15) is 5.11 Å². The van der Waals surface area contributed by atoms with E-state index in [2.05, 4.69) is 92.0 Å². The Hall–Kier alpha value is -0.466. The van der Waals surface area contributed by atoms with E-state index in [0.717, 1.165) is 6.42 Å². The first-order chi connectivity index (χ1) is 13.1. The predicted molar refractivity (Wildman–Crippen MR) is 129 cm³/mol. The number of hydrogen-bond acceptors (Lipinski definition) is 3. The molecular formula is C24H44O3Si2. The van der Waals surface area contributed by atoms with Gasteiger partial charge in [0.05, 0.1) is 18.8 Å². The quantitative estimate of drug-likeness (QED) is 0.469. The van der Waals surface area contributed by atoms with Crippen LogP contribution in [0.25, 0.3) is 0 Å². The minimum Gasteiger partial charge on any atom is -0.414 e. The van der Waals surface area contributed by atoms with Crippen LogP contribution in [0, 0.1) is 5.92 Å². The zero-order chi connectivity index (χ0) is 22.3. The summed E-state index contributed by atoms with van der Waals surface area (Å²) in [5.41, 5.74) is 1.33. The van der Waals surface area contributed by atoms with Gasteiger partial charge >= 0.3 is 0 Å². The first-order valence-electron chi connectivity index (χ1n) is 11.1. The Morgan fingerprint density at radius 3 is 1.93 bits per heavy atom. The van der Waals surface area contributed by atoms with Crippen LogP contribution in [0.15, 0.2) is 30.3 Å². The van der Waals surface area contributed by atoms with Gasteiger partial charge in [0, 0.05) is 0 Å². The van der Waals surface area contributed by atoms with Crippen LogP contribution >= 0.6 is 0 Å². The minimum atomic E-state index is -2.02. The molecule has 1 aliphatic carbocycles. The highest BCUT2D eigenvalue weighted by Crippen LogP contribution is 2.51. The second-order valence-corrected chi connectivity index (χ2v) is 21.5. The second kappa shape index (κ2) is 8.58. The summed E-state index contributed by atoms with van der Waals surface area (Å²) in [5.74, 6) is 0.694. The molecule has 1 fully saturated rings. The molecule has 5 heteroatoms. The Morgan fingerprint density at radius 2 is 1.45 bits per heavy atom. The molecule has 29 heavy (non-hydrogen) atoms. The van der Waals surface area contributed by atoms with E-state index in [0.29, 0.717) is 12.5 Å². The first-order valence-corrected chi connectivity index (χ1v) is 16.9. The van der Waals surface area contributed by atoms with E-state index < -0.39 is 22.7 Å². The van der Waals surface area contributed by atoms with Crippen molar-refractivity contribution >= 4 is 16.6 Å². The summed E-state index contributed by atoms with van der Waals surface area (Å²) in [6.07, 6.45) is 0.283. The highest BCUT2D eigenvalue weighted by atomic mass is 28.4. The van der Waals surface area contributed by atoms with Crippen LogP contribution in [0.1, 0.15) is 59.4 Å². The number of aliphatic hydroxyl groups excluding tert-OH is 1. The van der Waals surface area contributed by atoms with Crippen LogP contribution in [0.3, 0.4) is 0 Å². The van der Waals surface area contributed by atoms with Crippen LogP contribution in [0.5, 0.6) is 0 Å². The van der Waals surface area contributed by atoms with E-state index in [1.807, 2.05) is 6.07 Å². The lowest BCUT2D eigenvalue weighted by atomic mass is 10.0. The monoisotopic (exact) mass is 436 g/mol. The van der Waals surface area contributed by atoms with Crippen LogP contribution in [-0.4, -0.2) is 40.6 Å². The van der Waals surface area contributed by atoms with Gasteiger partial charge in [-0.2, -0.15) is 0 Å². The maximum Gasteiger partial charge on any atom is 0.192 e. The van der Waals surface area contributed by atoms with Crippen molar-refractivity contribution in [3.63, 3.8) is 0 Å². The Labute approximate surface area is 181 Å². The van der Waals surface area contributed by atoms with Crippen molar-refractivity contribution in [2.75, 3.05) is 6.61 Å². The van der Waals surface area contributed by atoms with Gasteiger partial charge in [0.25, 0.3) is 0 Å². The van der Waals surface area contributed by atoms with E-state index >= 15 is 0 Å². The number of aliphatic hydroxyl groups is 1. The van der Waals surface area contributed by atoms with Crippen LogP contribution < -0.4 is 0 Å². The third-order valence-electron chi connectivity index (χ3n) is 7.55. The lowest BCUT2D eigenvalue weighted by Crippen LogP contribution is -2.51.